The molecule has 5 heteroatoms. The molecule has 1 fully saturated rings. The molecule has 3 unspecified atom stereocenters. The van der Waals surface area contributed by atoms with Gasteiger partial charge in [-0.25, -0.2) is 4.98 Å². The first-order valence-electron chi connectivity index (χ1n) is 7.03. The fourth-order valence-electron chi connectivity index (χ4n) is 2.50. The van der Waals surface area contributed by atoms with Crippen LogP contribution >= 0.6 is 0 Å². The fraction of sp³-hybridized carbons (Fsp3) is 0.786. The summed E-state index contributed by atoms with van der Waals surface area (Å²) in [6.07, 6.45) is 2.22. The Balaban J connectivity index is 2.03. The summed E-state index contributed by atoms with van der Waals surface area (Å²) in [7, 11) is 0. The summed E-state index contributed by atoms with van der Waals surface area (Å²) in [5.41, 5.74) is -0.124. The van der Waals surface area contributed by atoms with Crippen LogP contribution in [-0.2, 0) is 5.41 Å². The molecule has 0 saturated heterocycles. The first-order valence-corrected chi connectivity index (χ1v) is 7.03. The molecule has 1 aromatic rings. The standard InChI is InChI=1S/C14H24N4O/c1-8-6-7-10(9(8)2)15-12(19)11-16-13(18-17-11)14(3,4)5/h8-10H,6-7H2,1-5H3,(H,15,19)(H,16,17,18). The van der Waals surface area contributed by atoms with Gasteiger partial charge in [-0.2, -0.15) is 0 Å². The molecule has 1 amide bonds. The number of H-pyrrole nitrogens is 1. The van der Waals surface area contributed by atoms with E-state index in [1.165, 1.54) is 6.42 Å². The number of amides is 1. The first kappa shape index (κ1) is 14.0. The third kappa shape index (κ3) is 2.96. The van der Waals surface area contributed by atoms with Crippen molar-refractivity contribution in [3.63, 3.8) is 0 Å². The van der Waals surface area contributed by atoms with E-state index >= 15 is 0 Å². The SMILES string of the molecule is CC1CCC(NC(=O)c2n[nH]c(C(C)(C)C)n2)C1C. The zero-order valence-electron chi connectivity index (χ0n) is 12.4. The summed E-state index contributed by atoms with van der Waals surface area (Å²) < 4.78 is 0. The van der Waals surface area contributed by atoms with E-state index in [1.54, 1.807) is 0 Å². The molecule has 3 atom stereocenters. The molecule has 5 nitrogen and oxygen atoms in total. The predicted octanol–water partition coefficient (Wildman–Crippen LogP) is 2.27. The van der Waals surface area contributed by atoms with Crippen LogP contribution in [0.5, 0.6) is 0 Å². The van der Waals surface area contributed by atoms with E-state index in [0.717, 1.165) is 12.2 Å². The monoisotopic (exact) mass is 264 g/mol. The minimum atomic E-state index is -0.169. The van der Waals surface area contributed by atoms with Crippen LogP contribution in [-0.4, -0.2) is 27.1 Å². The van der Waals surface area contributed by atoms with Gasteiger partial charge < -0.3 is 5.32 Å². The van der Waals surface area contributed by atoms with Crippen LogP contribution in [0.25, 0.3) is 0 Å². The molecule has 1 aliphatic rings. The smallest absolute Gasteiger partial charge is 0.291 e. The van der Waals surface area contributed by atoms with E-state index in [4.69, 9.17) is 0 Å². The molecular weight excluding hydrogens is 240 g/mol. The molecule has 1 aliphatic carbocycles. The number of nitrogens with one attached hydrogen (secondary N) is 2. The van der Waals surface area contributed by atoms with E-state index in [1.807, 2.05) is 20.8 Å². The van der Waals surface area contributed by atoms with Crippen molar-refractivity contribution in [3.05, 3.63) is 11.6 Å². The van der Waals surface area contributed by atoms with Crippen molar-refractivity contribution in [1.29, 1.82) is 0 Å². The van der Waals surface area contributed by atoms with Crippen molar-refractivity contribution in [2.45, 2.75) is 58.9 Å². The van der Waals surface area contributed by atoms with Crippen LogP contribution in [0, 0.1) is 11.8 Å². The minimum absolute atomic E-state index is 0.124. The molecule has 19 heavy (non-hydrogen) atoms. The second kappa shape index (κ2) is 4.94. The summed E-state index contributed by atoms with van der Waals surface area (Å²) in [5, 5.41) is 9.93. The molecule has 0 bridgehead atoms. The highest BCUT2D eigenvalue weighted by molar-refractivity contribution is 5.90. The van der Waals surface area contributed by atoms with Gasteiger partial charge in [-0.15, -0.1) is 5.10 Å². The number of aromatic amines is 1. The van der Waals surface area contributed by atoms with Gasteiger partial charge in [-0.1, -0.05) is 34.6 Å². The number of hydrogen-bond acceptors (Lipinski definition) is 3. The van der Waals surface area contributed by atoms with Gasteiger partial charge in [0.2, 0.25) is 5.82 Å². The van der Waals surface area contributed by atoms with Crippen LogP contribution in [0.3, 0.4) is 0 Å². The average Bonchev–Trinajstić information content (AvgIpc) is 2.91. The van der Waals surface area contributed by atoms with Crippen LogP contribution in [0.1, 0.15) is 63.9 Å². The van der Waals surface area contributed by atoms with E-state index in [9.17, 15) is 4.79 Å². The Kier molecular flexibility index (Phi) is 3.65. The lowest BCUT2D eigenvalue weighted by atomic mass is 9.96. The largest absolute Gasteiger partial charge is 0.346 e. The van der Waals surface area contributed by atoms with Crippen LogP contribution in [0.4, 0.5) is 0 Å². The molecule has 0 radical (unpaired) electrons. The maximum Gasteiger partial charge on any atom is 0.291 e. The van der Waals surface area contributed by atoms with Crippen molar-refractivity contribution >= 4 is 5.91 Å². The van der Waals surface area contributed by atoms with E-state index in [2.05, 4.69) is 34.3 Å². The van der Waals surface area contributed by atoms with Crippen molar-refractivity contribution in [3.8, 4) is 0 Å². The molecule has 2 N–H and O–H groups in total. The maximum atomic E-state index is 12.1. The van der Waals surface area contributed by atoms with Crippen molar-refractivity contribution in [2.24, 2.45) is 11.8 Å². The Bertz CT molecular complexity index is 460. The van der Waals surface area contributed by atoms with Gasteiger partial charge in [0.05, 0.1) is 0 Å². The number of hydrogen-bond donors (Lipinski definition) is 2. The molecule has 1 heterocycles. The van der Waals surface area contributed by atoms with E-state index in [0.29, 0.717) is 11.8 Å². The Morgan fingerprint density at radius 1 is 1.32 bits per heavy atom. The van der Waals surface area contributed by atoms with Crippen molar-refractivity contribution < 1.29 is 4.79 Å². The Morgan fingerprint density at radius 3 is 2.47 bits per heavy atom. The molecular formula is C14H24N4O. The summed E-state index contributed by atoms with van der Waals surface area (Å²) in [5.74, 6) is 2.01. The number of carbonyl (C=O) groups excluding carboxylic acids is 1. The van der Waals surface area contributed by atoms with Gasteiger partial charge in [0.1, 0.15) is 5.82 Å². The Labute approximate surface area is 114 Å². The first-order chi connectivity index (χ1) is 8.79. The van der Waals surface area contributed by atoms with Gasteiger partial charge in [0.25, 0.3) is 5.91 Å². The summed E-state index contributed by atoms with van der Waals surface area (Å²) in [6, 6.07) is 0.249. The average molecular weight is 264 g/mol. The van der Waals surface area contributed by atoms with Crippen molar-refractivity contribution in [2.75, 3.05) is 0 Å². The van der Waals surface area contributed by atoms with Crippen LogP contribution < -0.4 is 5.32 Å². The second-order valence-electron chi connectivity index (χ2n) is 6.75. The highest BCUT2D eigenvalue weighted by atomic mass is 16.2. The normalized spacial score (nSPS) is 27.5. The molecule has 106 valence electrons. The third-order valence-corrected chi connectivity index (χ3v) is 4.18. The molecule has 0 aliphatic heterocycles. The van der Waals surface area contributed by atoms with Crippen LogP contribution in [0.2, 0.25) is 0 Å². The molecule has 0 spiro atoms. The van der Waals surface area contributed by atoms with E-state index < -0.39 is 0 Å². The number of nitrogens with zero attached hydrogens (tertiary/aromatic N) is 2. The van der Waals surface area contributed by atoms with Gasteiger partial charge in [-0.3, -0.25) is 9.89 Å². The summed E-state index contributed by atoms with van der Waals surface area (Å²) in [6.45, 7) is 10.5. The molecule has 2 rings (SSSR count). The lowest BCUT2D eigenvalue weighted by Crippen LogP contribution is -2.37. The van der Waals surface area contributed by atoms with E-state index in [-0.39, 0.29) is 23.2 Å². The van der Waals surface area contributed by atoms with Gasteiger partial charge >= 0.3 is 0 Å². The molecule has 0 aromatic carbocycles. The van der Waals surface area contributed by atoms with Gasteiger partial charge in [0.15, 0.2) is 0 Å². The van der Waals surface area contributed by atoms with Crippen molar-refractivity contribution in [1.82, 2.24) is 20.5 Å². The predicted molar refractivity (Wildman–Crippen MR) is 73.9 cm³/mol. The number of carbonyl (C=O) groups is 1. The minimum Gasteiger partial charge on any atom is -0.346 e. The lowest BCUT2D eigenvalue weighted by molar-refractivity contribution is 0.0917. The fourth-order valence-corrected chi connectivity index (χ4v) is 2.50. The Hall–Kier alpha value is -1.39. The van der Waals surface area contributed by atoms with Crippen LogP contribution in [0.15, 0.2) is 0 Å². The zero-order chi connectivity index (χ0) is 14.2. The quantitative estimate of drug-likeness (QED) is 0.860. The summed E-state index contributed by atoms with van der Waals surface area (Å²) >= 11 is 0. The Morgan fingerprint density at radius 2 is 2.00 bits per heavy atom. The third-order valence-electron chi connectivity index (χ3n) is 4.18. The summed E-state index contributed by atoms with van der Waals surface area (Å²) in [4.78, 5) is 16.4. The highest BCUT2D eigenvalue weighted by Crippen LogP contribution is 2.31. The topological polar surface area (TPSA) is 70.7 Å². The molecule has 1 aromatic heterocycles. The molecule has 1 saturated carbocycles. The number of rotatable bonds is 2. The number of aromatic nitrogens is 3. The second-order valence-corrected chi connectivity index (χ2v) is 6.75. The van der Waals surface area contributed by atoms with Gasteiger partial charge in [0, 0.05) is 11.5 Å². The zero-order valence-corrected chi connectivity index (χ0v) is 12.4. The van der Waals surface area contributed by atoms with Gasteiger partial charge in [-0.05, 0) is 24.7 Å². The maximum absolute atomic E-state index is 12.1. The highest BCUT2D eigenvalue weighted by Gasteiger charge is 2.32. The lowest BCUT2D eigenvalue weighted by Gasteiger charge is -2.18.